The number of halogens is 2. The van der Waals surface area contributed by atoms with Gasteiger partial charge in [-0.2, -0.15) is 18.2 Å². The van der Waals surface area contributed by atoms with Crippen molar-refractivity contribution < 1.29 is 38.3 Å². The van der Waals surface area contributed by atoms with E-state index in [2.05, 4.69) is 16.0 Å². The molecule has 1 N–H and O–H groups in total. The monoisotopic (exact) mass is 266 g/mol. The van der Waals surface area contributed by atoms with Gasteiger partial charge < -0.3 is 4.98 Å². The number of nitrogens with zero attached hydrogens (tertiary/aromatic N) is 1. The maximum absolute atomic E-state index is 13.9. The van der Waals surface area contributed by atoms with Crippen LogP contribution in [0.4, 0.5) is 8.78 Å². The van der Waals surface area contributed by atoms with E-state index in [9.17, 15) is 8.78 Å². The van der Waals surface area contributed by atoms with Gasteiger partial charge in [0, 0.05) is 5.82 Å². The summed E-state index contributed by atoms with van der Waals surface area (Å²) >= 11 is 0. The molecule has 0 amide bonds. The summed E-state index contributed by atoms with van der Waals surface area (Å²) in [5.74, 6) is -0.310. The van der Waals surface area contributed by atoms with Crippen molar-refractivity contribution in [3.05, 3.63) is 53.6 Å². The molecule has 0 spiro atoms. The van der Waals surface area contributed by atoms with Crippen LogP contribution in [0.2, 0.25) is 0 Å². The van der Waals surface area contributed by atoms with E-state index in [0.29, 0.717) is 28.0 Å². The number of aromatic nitrogens is 2. The first-order valence-electron chi connectivity index (χ1n) is 5.47. The van der Waals surface area contributed by atoms with Crippen LogP contribution in [-0.2, 0) is 0 Å². The molecule has 3 rings (SSSR count). The summed E-state index contributed by atoms with van der Waals surface area (Å²) in [6.45, 7) is 1.66. The molecule has 0 radical (unpaired) electrons. The van der Waals surface area contributed by atoms with Gasteiger partial charge in [-0.1, -0.05) is 12.5 Å². The zero-order chi connectivity index (χ0) is 12.7. The zero-order valence-electron chi connectivity index (χ0n) is 10.6. The number of nitrogens with one attached hydrogen (secondary N) is 1. The van der Waals surface area contributed by atoms with Crippen LogP contribution < -0.4 is 29.6 Å². The molecule has 0 saturated heterocycles. The summed E-state index contributed by atoms with van der Waals surface area (Å²) in [4.78, 5) is 7.15. The maximum atomic E-state index is 13.9. The summed E-state index contributed by atoms with van der Waals surface area (Å²) in [7, 11) is 0. The Hall–Kier alpha value is -1.23. The first-order valence-corrected chi connectivity index (χ1v) is 5.47. The Morgan fingerprint density at radius 3 is 2.79 bits per heavy atom. The van der Waals surface area contributed by atoms with Gasteiger partial charge in [0.1, 0.15) is 5.82 Å². The first-order chi connectivity index (χ1) is 8.65. The Balaban J connectivity index is 0.00000133. The number of benzene rings is 2. The minimum absolute atomic E-state index is 0. The molecule has 3 aromatic rings. The predicted molar refractivity (Wildman–Crippen MR) is 65.0 cm³/mol. The van der Waals surface area contributed by atoms with Gasteiger partial charge in [-0.3, -0.25) is 0 Å². The number of hydrogen-bond donors (Lipinski definition) is 1. The van der Waals surface area contributed by atoms with Gasteiger partial charge in [-0.05, 0) is 18.2 Å². The molecule has 90 valence electrons. The largest absolute Gasteiger partial charge is 1.00 e. The number of aromatic amines is 1. The van der Waals surface area contributed by atoms with E-state index in [-0.39, 0.29) is 41.2 Å². The number of fused-ring (bicyclic) bond motifs is 1. The summed E-state index contributed by atoms with van der Waals surface area (Å²) in [6, 6.07) is 10.2. The average molecular weight is 266 g/mol. The SMILES string of the molecule is Cc1c[c-]cc(-c2nc3ccc(F)cc3[nH]2)c1F.[Na+]. The van der Waals surface area contributed by atoms with E-state index in [0.717, 1.165) is 0 Å². The van der Waals surface area contributed by atoms with E-state index < -0.39 is 0 Å². The molecule has 0 aliphatic rings. The second kappa shape index (κ2) is 5.41. The fraction of sp³-hybridized carbons (Fsp3) is 0.0714. The standard InChI is InChI=1S/C14H9F2N2.Na/c1-8-3-2-4-10(13(8)16)14-17-11-6-5-9(15)7-12(11)18-14;/h3-7H,1H3,(H,17,18);/q-1;+1. The number of hydrogen-bond acceptors (Lipinski definition) is 1. The Morgan fingerprint density at radius 2 is 2.00 bits per heavy atom. The van der Waals surface area contributed by atoms with Crippen LogP contribution >= 0.6 is 0 Å². The average Bonchev–Trinajstić information content (AvgIpc) is 2.75. The molecule has 0 saturated carbocycles. The molecule has 19 heavy (non-hydrogen) atoms. The van der Waals surface area contributed by atoms with Crippen LogP contribution in [0.3, 0.4) is 0 Å². The number of imidazole rings is 1. The summed E-state index contributed by atoms with van der Waals surface area (Å²) in [6.07, 6.45) is 0. The number of H-pyrrole nitrogens is 1. The Labute approximate surface area is 131 Å². The smallest absolute Gasteiger partial charge is 0.348 e. The summed E-state index contributed by atoms with van der Waals surface area (Å²) in [5.41, 5.74) is 1.99. The summed E-state index contributed by atoms with van der Waals surface area (Å²) in [5, 5.41) is 0. The third-order valence-electron chi connectivity index (χ3n) is 2.81. The zero-order valence-corrected chi connectivity index (χ0v) is 12.6. The summed E-state index contributed by atoms with van der Waals surface area (Å²) < 4.78 is 27.0. The molecule has 1 heterocycles. The van der Waals surface area contributed by atoms with Gasteiger partial charge in [0.15, 0.2) is 0 Å². The molecule has 0 aliphatic carbocycles. The van der Waals surface area contributed by atoms with E-state index >= 15 is 0 Å². The quantitative estimate of drug-likeness (QED) is 0.508. The maximum Gasteiger partial charge on any atom is 1.00 e. The molecule has 5 heteroatoms. The molecular weight excluding hydrogens is 257 g/mol. The van der Waals surface area contributed by atoms with Crippen molar-refractivity contribution >= 4 is 11.0 Å². The molecule has 1 aromatic heterocycles. The van der Waals surface area contributed by atoms with E-state index in [4.69, 9.17) is 0 Å². The molecule has 2 aromatic carbocycles. The Morgan fingerprint density at radius 1 is 1.21 bits per heavy atom. The minimum atomic E-state index is -0.353. The van der Waals surface area contributed by atoms with Gasteiger partial charge in [0.2, 0.25) is 0 Å². The minimum Gasteiger partial charge on any atom is -0.348 e. The van der Waals surface area contributed by atoms with Crippen LogP contribution in [0.15, 0.2) is 30.3 Å². The van der Waals surface area contributed by atoms with Crippen LogP contribution in [0.5, 0.6) is 0 Å². The number of rotatable bonds is 1. The molecule has 0 atom stereocenters. The van der Waals surface area contributed by atoms with Crippen LogP contribution in [0, 0.1) is 24.6 Å². The number of aryl methyl sites for hydroxylation is 1. The topological polar surface area (TPSA) is 28.7 Å². The normalized spacial score (nSPS) is 10.5. The van der Waals surface area contributed by atoms with Crippen molar-refractivity contribution in [1.29, 1.82) is 0 Å². The predicted octanol–water partition coefficient (Wildman–Crippen LogP) is 0.621. The first kappa shape index (κ1) is 14.2. The second-order valence-electron chi connectivity index (χ2n) is 4.11. The fourth-order valence-corrected chi connectivity index (χ4v) is 1.87. The van der Waals surface area contributed by atoms with Crippen molar-refractivity contribution in [2.45, 2.75) is 6.92 Å². The third kappa shape index (κ3) is 2.56. The third-order valence-corrected chi connectivity index (χ3v) is 2.81. The van der Waals surface area contributed by atoms with Gasteiger partial charge in [-0.25, -0.2) is 13.8 Å². The van der Waals surface area contributed by atoms with E-state index in [1.165, 1.54) is 18.2 Å². The van der Waals surface area contributed by atoms with Gasteiger partial charge in [0.25, 0.3) is 0 Å². The van der Waals surface area contributed by atoms with Gasteiger partial charge >= 0.3 is 29.6 Å². The molecule has 0 fully saturated rings. The van der Waals surface area contributed by atoms with Crippen molar-refractivity contribution in [3.8, 4) is 11.4 Å². The molecule has 0 unspecified atom stereocenters. The molecule has 0 aliphatic heterocycles. The van der Waals surface area contributed by atoms with Crippen molar-refractivity contribution in [2.24, 2.45) is 0 Å². The van der Waals surface area contributed by atoms with Crippen molar-refractivity contribution in [3.63, 3.8) is 0 Å². The Bertz CT molecular complexity index is 737. The van der Waals surface area contributed by atoms with Crippen molar-refractivity contribution in [1.82, 2.24) is 9.97 Å². The molecule has 0 bridgehead atoms. The second-order valence-corrected chi connectivity index (χ2v) is 4.11. The van der Waals surface area contributed by atoms with E-state index in [1.54, 1.807) is 19.1 Å². The fourth-order valence-electron chi connectivity index (χ4n) is 1.87. The van der Waals surface area contributed by atoms with Crippen LogP contribution in [0.1, 0.15) is 5.56 Å². The van der Waals surface area contributed by atoms with Crippen LogP contribution in [0.25, 0.3) is 22.4 Å². The van der Waals surface area contributed by atoms with Crippen molar-refractivity contribution in [2.75, 3.05) is 0 Å². The van der Waals surface area contributed by atoms with Gasteiger partial charge in [-0.15, -0.1) is 5.56 Å². The Kier molecular flexibility index (Phi) is 4.04. The van der Waals surface area contributed by atoms with Gasteiger partial charge in [0.05, 0.1) is 16.9 Å². The molecule has 2 nitrogen and oxygen atoms in total. The van der Waals surface area contributed by atoms with E-state index in [1.807, 2.05) is 0 Å². The molecular formula is C14H9F2N2Na. The van der Waals surface area contributed by atoms with Crippen LogP contribution in [-0.4, -0.2) is 9.97 Å².